The van der Waals surface area contributed by atoms with E-state index in [1.807, 2.05) is 19.1 Å². The fourth-order valence-electron chi connectivity index (χ4n) is 3.62. The second kappa shape index (κ2) is 7.80. The predicted molar refractivity (Wildman–Crippen MR) is 114 cm³/mol. The third-order valence-electron chi connectivity index (χ3n) is 4.88. The Labute approximate surface area is 172 Å². The molecule has 1 aliphatic rings. The van der Waals surface area contributed by atoms with Gasteiger partial charge in [-0.1, -0.05) is 6.07 Å². The van der Waals surface area contributed by atoms with Gasteiger partial charge in [0.05, 0.1) is 17.7 Å². The Bertz CT molecular complexity index is 1020. The van der Waals surface area contributed by atoms with E-state index in [1.165, 1.54) is 12.1 Å². The average molecular weight is 417 g/mol. The summed E-state index contributed by atoms with van der Waals surface area (Å²) in [7, 11) is -2.04. The van der Waals surface area contributed by atoms with Crippen molar-refractivity contribution < 1.29 is 17.9 Å². The van der Waals surface area contributed by atoms with Crippen LogP contribution >= 0.6 is 0 Å². The van der Waals surface area contributed by atoms with Gasteiger partial charge in [-0.15, -0.1) is 0 Å². The number of sulfonamides is 1. The molecule has 0 saturated heterocycles. The van der Waals surface area contributed by atoms with Crippen molar-refractivity contribution in [2.75, 3.05) is 18.6 Å². The molecule has 7 heteroatoms. The SMILES string of the molecule is COc1ccc(C)c2c1N(C(=O)c1ccc(S(=O)(=O)NC(C)(C)C)cc1)CCC2. The molecule has 0 radical (unpaired) electrons. The molecule has 0 fully saturated rings. The molecule has 3 rings (SSSR count). The molecule has 1 heterocycles. The Kier molecular flexibility index (Phi) is 5.74. The summed E-state index contributed by atoms with van der Waals surface area (Å²) < 4.78 is 33.1. The van der Waals surface area contributed by atoms with Crippen LogP contribution in [0.3, 0.4) is 0 Å². The number of rotatable bonds is 4. The van der Waals surface area contributed by atoms with E-state index in [2.05, 4.69) is 4.72 Å². The molecule has 0 aromatic heterocycles. The van der Waals surface area contributed by atoms with Crippen molar-refractivity contribution in [3.63, 3.8) is 0 Å². The number of aryl methyl sites for hydroxylation is 1. The summed E-state index contributed by atoms with van der Waals surface area (Å²) in [6.07, 6.45) is 1.77. The van der Waals surface area contributed by atoms with E-state index in [4.69, 9.17) is 4.74 Å². The minimum absolute atomic E-state index is 0.136. The second-order valence-electron chi connectivity index (χ2n) is 8.35. The molecule has 2 aromatic carbocycles. The molecule has 0 saturated carbocycles. The monoisotopic (exact) mass is 416 g/mol. The first kappa shape index (κ1) is 21.3. The van der Waals surface area contributed by atoms with Gasteiger partial charge in [-0.3, -0.25) is 4.79 Å². The van der Waals surface area contributed by atoms with Gasteiger partial charge < -0.3 is 9.64 Å². The second-order valence-corrected chi connectivity index (χ2v) is 10.0. The molecule has 0 aliphatic carbocycles. The number of fused-ring (bicyclic) bond motifs is 1. The lowest BCUT2D eigenvalue weighted by Gasteiger charge is -2.32. The van der Waals surface area contributed by atoms with E-state index in [1.54, 1.807) is 44.9 Å². The molecule has 0 spiro atoms. The maximum absolute atomic E-state index is 13.2. The molecule has 156 valence electrons. The number of carbonyl (C=O) groups excluding carboxylic acids is 1. The largest absolute Gasteiger partial charge is 0.495 e. The number of nitrogens with zero attached hydrogens (tertiary/aromatic N) is 1. The summed E-state index contributed by atoms with van der Waals surface area (Å²) in [5.41, 5.74) is 2.93. The molecule has 1 aliphatic heterocycles. The highest BCUT2D eigenvalue weighted by Gasteiger charge is 2.28. The molecule has 29 heavy (non-hydrogen) atoms. The van der Waals surface area contributed by atoms with E-state index in [0.717, 1.165) is 29.7 Å². The lowest BCUT2D eigenvalue weighted by atomic mass is 9.95. The zero-order chi connectivity index (χ0) is 21.4. The summed E-state index contributed by atoms with van der Waals surface area (Å²) in [6.45, 7) is 7.98. The van der Waals surface area contributed by atoms with Crippen molar-refractivity contribution in [1.29, 1.82) is 0 Å². The molecule has 0 bridgehead atoms. The molecule has 1 amide bonds. The van der Waals surface area contributed by atoms with Crippen molar-refractivity contribution in [3.8, 4) is 5.75 Å². The Hall–Kier alpha value is -2.38. The number of hydrogen-bond donors (Lipinski definition) is 1. The molecular weight excluding hydrogens is 388 g/mol. The van der Waals surface area contributed by atoms with Gasteiger partial charge in [-0.2, -0.15) is 0 Å². The Morgan fingerprint density at radius 1 is 1.10 bits per heavy atom. The van der Waals surface area contributed by atoms with Crippen LogP contribution in [0.15, 0.2) is 41.3 Å². The van der Waals surface area contributed by atoms with Crippen LogP contribution in [-0.4, -0.2) is 33.5 Å². The van der Waals surface area contributed by atoms with Crippen molar-refractivity contribution in [2.24, 2.45) is 0 Å². The van der Waals surface area contributed by atoms with Crippen molar-refractivity contribution in [2.45, 2.75) is 51.0 Å². The van der Waals surface area contributed by atoms with E-state index < -0.39 is 15.6 Å². The first-order valence-corrected chi connectivity index (χ1v) is 11.1. The smallest absolute Gasteiger partial charge is 0.258 e. The van der Waals surface area contributed by atoms with Gasteiger partial charge in [0.2, 0.25) is 10.0 Å². The number of anilines is 1. The number of ether oxygens (including phenoxy) is 1. The van der Waals surface area contributed by atoms with Crippen LogP contribution in [0.5, 0.6) is 5.75 Å². The Morgan fingerprint density at radius 2 is 1.76 bits per heavy atom. The van der Waals surface area contributed by atoms with Crippen molar-refractivity contribution in [1.82, 2.24) is 4.72 Å². The third-order valence-corrected chi connectivity index (χ3v) is 6.65. The van der Waals surface area contributed by atoms with E-state index in [9.17, 15) is 13.2 Å². The predicted octanol–water partition coefficient (Wildman–Crippen LogP) is 3.67. The minimum atomic E-state index is -3.65. The summed E-state index contributed by atoms with van der Waals surface area (Å²) in [4.78, 5) is 15.1. The fraction of sp³-hybridized carbons (Fsp3) is 0.409. The zero-order valence-electron chi connectivity index (χ0n) is 17.6. The van der Waals surface area contributed by atoms with Crippen LogP contribution in [0, 0.1) is 6.92 Å². The summed E-state index contributed by atoms with van der Waals surface area (Å²) in [5, 5.41) is 0. The Morgan fingerprint density at radius 3 is 2.34 bits per heavy atom. The summed E-state index contributed by atoms with van der Waals surface area (Å²) >= 11 is 0. The molecule has 0 unspecified atom stereocenters. The van der Waals surface area contributed by atoms with Crippen LogP contribution < -0.4 is 14.4 Å². The van der Waals surface area contributed by atoms with Crippen LogP contribution in [0.4, 0.5) is 5.69 Å². The zero-order valence-corrected chi connectivity index (χ0v) is 18.4. The first-order valence-electron chi connectivity index (χ1n) is 9.66. The maximum Gasteiger partial charge on any atom is 0.258 e. The van der Waals surface area contributed by atoms with Crippen LogP contribution in [-0.2, 0) is 16.4 Å². The van der Waals surface area contributed by atoms with Gasteiger partial charge in [0.25, 0.3) is 5.91 Å². The van der Waals surface area contributed by atoms with E-state index >= 15 is 0 Å². The maximum atomic E-state index is 13.2. The number of nitrogens with one attached hydrogen (secondary N) is 1. The molecular formula is C22H28N2O4S. The number of hydrogen-bond acceptors (Lipinski definition) is 4. The fourth-order valence-corrected chi connectivity index (χ4v) is 5.03. The highest BCUT2D eigenvalue weighted by atomic mass is 32.2. The van der Waals surface area contributed by atoms with Crippen molar-refractivity contribution >= 4 is 21.6 Å². The summed E-state index contributed by atoms with van der Waals surface area (Å²) in [5.74, 6) is 0.509. The summed E-state index contributed by atoms with van der Waals surface area (Å²) in [6, 6.07) is 9.96. The van der Waals surface area contributed by atoms with Gasteiger partial charge in [0.1, 0.15) is 5.75 Å². The number of carbonyl (C=O) groups is 1. The standard InChI is InChI=1S/C22H28N2O4S/c1-15-8-13-19(28-5)20-18(15)7-6-14-24(20)21(25)16-9-11-17(12-10-16)29(26,27)23-22(2,3)4/h8-13,23H,6-7,14H2,1-5H3. The average Bonchev–Trinajstić information content (AvgIpc) is 2.66. The highest BCUT2D eigenvalue weighted by Crippen LogP contribution is 2.39. The third kappa shape index (κ3) is 4.46. The highest BCUT2D eigenvalue weighted by molar-refractivity contribution is 7.89. The van der Waals surface area contributed by atoms with Gasteiger partial charge >= 0.3 is 0 Å². The topological polar surface area (TPSA) is 75.7 Å². The van der Waals surface area contributed by atoms with Crippen LogP contribution in [0.1, 0.15) is 48.7 Å². The Balaban J connectivity index is 1.93. The van der Waals surface area contributed by atoms with Gasteiger partial charge in [0.15, 0.2) is 0 Å². The van der Waals surface area contributed by atoms with Gasteiger partial charge in [-0.05, 0) is 82.0 Å². The van der Waals surface area contributed by atoms with Crippen LogP contribution in [0.25, 0.3) is 0 Å². The van der Waals surface area contributed by atoms with Crippen molar-refractivity contribution in [3.05, 3.63) is 53.1 Å². The lowest BCUT2D eigenvalue weighted by Crippen LogP contribution is -2.40. The number of methoxy groups -OCH3 is 1. The molecule has 2 aromatic rings. The first-order chi connectivity index (χ1) is 13.5. The normalized spacial score (nSPS) is 14.4. The van der Waals surface area contributed by atoms with Gasteiger partial charge in [-0.25, -0.2) is 13.1 Å². The number of amides is 1. The molecule has 6 nitrogen and oxygen atoms in total. The molecule has 0 atom stereocenters. The quantitative estimate of drug-likeness (QED) is 0.825. The lowest BCUT2D eigenvalue weighted by molar-refractivity contribution is 0.0984. The minimum Gasteiger partial charge on any atom is -0.495 e. The molecule has 1 N–H and O–H groups in total. The van der Waals surface area contributed by atoms with E-state index in [0.29, 0.717) is 17.9 Å². The number of benzene rings is 2. The van der Waals surface area contributed by atoms with Crippen LogP contribution in [0.2, 0.25) is 0 Å². The van der Waals surface area contributed by atoms with Gasteiger partial charge in [0, 0.05) is 17.6 Å². The van der Waals surface area contributed by atoms with E-state index in [-0.39, 0.29) is 10.8 Å².